The molecule has 92 valence electrons. The molecule has 1 aliphatic rings. The highest BCUT2D eigenvalue weighted by molar-refractivity contribution is 6.21. The summed E-state index contributed by atoms with van der Waals surface area (Å²) in [6, 6.07) is 13.5. The summed E-state index contributed by atoms with van der Waals surface area (Å²) >= 11 is 0. The Morgan fingerprint density at radius 2 is 1.63 bits per heavy atom. The third kappa shape index (κ3) is 1.91. The number of aldehydes is 1. The minimum Gasteiger partial charge on any atom is -0.303 e. The first-order chi connectivity index (χ1) is 9.31. The molecule has 0 bridgehead atoms. The molecule has 1 aliphatic carbocycles. The fourth-order valence-electron chi connectivity index (χ4n) is 2.41. The van der Waals surface area contributed by atoms with Crippen LogP contribution in [0, 0.1) is 0 Å². The van der Waals surface area contributed by atoms with E-state index in [0.717, 1.165) is 34.1 Å². The highest BCUT2D eigenvalue weighted by Gasteiger charge is 2.25. The van der Waals surface area contributed by atoms with Crippen molar-refractivity contribution in [2.24, 2.45) is 0 Å². The fourth-order valence-corrected chi connectivity index (χ4v) is 2.41. The van der Waals surface area contributed by atoms with Crippen LogP contribution in [0.2, 0.25) is 0 Å². The summed E-state index contributed by atoms with van der Waals surface area (Å²) in [5.41, 5.74) is 4.46. The molecular weight excluding hydrogens is 236 g/mol. The standard InChI is InChI=1S/C17H12O2/c18-10-4-3-5-12-8-9-14-13-6-1-2-7-15(13)17(19)16(14)11-12/h1-3,5-11H,4H2. The van der Waals surface area contributed by atoms with E-state index in [9.17, 15) is 9.59 Å². The number of rotatable bonds is 3. The van der Waals surface area contributed by atoms with Crippen LogP contribution in [-0.4, -0.2) is 12.1 Å². The largest absolute Gasteiger partial charge is 0.303 e. The number of carbonyl (C=O) groups excluding carboxylic acids is 2. The van der Waals surface area contributed by atoms with Gasteiger partial charge in [-0.2, -0.15) is 0 Å². The fraction of sp³-hybridized carbons (Fsp3) is 0.0588. The molecule has 0 spiro atoms. The molecule has 2 aromatic rings. The Labute approximate surface area is 111 Å². The van der Waals surface area contributed by atoms with Gasteiger partial charge in [0.05, 0.1) is 0 Å². The third-order valence-corrected chi connectivity index (χ3v) is 3.29. The van der Waals surface area contributed by atoms with Crippen molar-refractivity contribution in [3.8, 4) is 11.1 Å². The maximum absolute atomic E-state index is 12.3. The van der Waals surface area contributed by atoms with Crippen molar-refractivity contribution in [2.75, 3.05) is 0 Å². The summed E-state index contributed by atoms with van der Waals surface area (Å²) in [6.07, 6.45) is 4.91. The van der Waals surface area contributed by atoms with E-state index in [1.807, 2.05) is 48.5 Å². The van der Waals surface area contributed by atoms with Gasteiger partial charge in [0.25, 0.3) is 0 Å². The zero-order valence-corrected chi connectivity index (χ0v) is 10.3. The first-order valence-electron chi connectivity index (χ1n) is 6.19. The summed E-state index contributed by atoms with van der Waals surface area (Å²) in [6.45, 7) is 0. The molecule has 2 heteroatoms. The molecule has 2 aromatic carbocycles. The summed E-state index contributed by atoms with van der Waals surface area (Å²) in [7, 11) is 0. The Hall–Kier alpha value is -2.48. The van der Waals surface area contributed by atoms with Crippen molar-refractivity contribution < 1.29 is 9.59 Å². The van der Waals surface area contributed by atoms with Crippen LogP contribution in [-0.2, 0) is 4.79 Å². The van der Waals surface area contributed by atoms with E-state index in [0.29, 0.717) is 6.42 Å². The van der Waals surface area contributed by atoms with Crippen LogP contribution in [0.15, 0.2) is 48.5 Å². The zero-order valence-electron chi connectivity index (χ0n) is 10.3. The maximum Gasteiger partial charge on any atom is 0.194 e. The third-order valence-electron chi connectivity index (χ3n) is 3.29. The number of carbonyl (C=O) groups is 2. The first kappa shape index (κ1) is 11.6. The number of benzene rings is 2. The highest BCUT2D eigenvalue weighted by Crippen LogP contribution is 2.36. The number of hydrogen-bond acceptors (Lipinski definition) is 2. The van der Waals surface area contributed by atoms with Crippen molar-refractivity contribution in [3.05, 3.63) is 65.2 Å². The van der Waals surface area contributed by atoms with Crippen molar-refractivity contribution in [1.82, 2.24) is 0 Å². The lowest BCUT2D eigenvalue weighted by Crippen LogP contribution is -1.94. The zero-order chi connectivity index (χ0) is 13.2. The lowest BCUT2D eigenvalue weighted by molar-refractivity contribution is -0.107. The summed E-state index contributed by atoms with van der Waals surface area (Å²) in [5.74, 6) is 0.0798. The van der Waals surface area contributed by atoms with Crippen LogP contribution in [0.4, 0.5) is 0 Å². The van der Waals surface area contributed by atoms with E-state index in [2.05, 4.69) is 0 Å². The molecule has 3 rings (SSSR count). The number of ketones is 1. The highest BCUT2D eigenvalue weighted by atomic mass is 16.1. The topological polar surface area (TPSA) is 34.1 Å². The van der Waals surface area contributed by atoms with Crippen molar-refractivity contribution in [3.63, 3.8) is 0 Å². The number of hydrogen-bond donors (Lipinski definition) is 0. The molecule has 0 N–H and O–H groups in total. The van der Waals surface area contributed by atoms with E-state index in [4.69, 9.17) is 0 Å². The molecule has 0 aliphatic heterocycles. The first-order valence-corrected chi connectivity index (χ1v) is 6.19. The van der Waals surface area contributed by atoms with Crippen molar-refractivity contribution >= 4 is 18.1 Å². The quantitative estimate of drug-likeness (QED) is 0.665. The maximum atomic E-state index is 12.3. The normalized spacial score (nSPS) is 12.5. The summed E-state index contributed by atoms with van der Waals surface area (Å²) in [4.78, 5) is 22.6. The molecule has 2 nitrogen and oxygen atoms in total. The molecule has 0 saturated carbocycles. The molecule has 0 fully saturated rings. The molecule has 0 radical (unpaired) electrons. The van der Waals surface area contributed by atoms with Gasteiger partial charge >= 0.3 is 0 Å². The Balaban J connectivity index is 2.05. The average Bonchev–Trinajstić information content (AvgIpc) is 2.73. The van der Waals surface area contributed by atoms with E-state index >= 15 is 0 Å². The van der Waals surface area contributed by atoms with Gasteiger partial charge in [0.2, 0.25) is 0 Å². The number of allylic oxidation sites excluding steroid dienone is 1. The van der Waals surface area contributed by atoms with Gasteiger partial charge in [-0.25, -0.2) is 0 Å². The van der Waals surface area contributed by atoms with Gasteiger partial charge in [0, 0.05) is 17.5 Å². The van der Waals surface area contributed by atoms with Gasteiger partial charge < -0.3 is 4.79 Å². The van der Waals surface area contributed by atoms with Crippen LogP contribution < -0.4 is 0 Å². The smallest absolute Gasteiger partial charge is 0.194 e. The minimum absolute atomic E-state index is 0.0798. The molecule has 0 atom stereocenters. The molecule has 0 heterocycles. The average molecular weight is 248 g/mol. The SMILES string of the molecule is O=CCC=Cc1ccc2c(c1)C(=O)c1ccccc1-2. The van der Waals surface area contributed by atoms with Crippen LogP contribution in [0.3, 0.4) is 0 Å². The predicted octanol–water partition coefficient (Wildman–Crippen LogP) is 3.50. The van der Waals surface area contributed by atoms with E-state index in [1.165, 1.54) is 0 Å². The monoisotopic (exact) mass is 248 g/mol. The molecule has 19 heavy (non-hydrogen) atoms. The van der Waals surface area contributed by atoms with E-state index in [1.54, 1.807) is 6.08 Å². The minimum atomic E-state index is 0.0798. The second-order valence-electron chi connectivity index (χ2n) is 4.48. The van der Waals surface area contributed by atoms with Gasteiger partial charge in [-0.1, -0.05) is 48.6 Å². The second-order valence-corrected chi connectivity index (χ2v) is 4.48. The van der Waals surface area contributed by atoms with Crippen LogP contribution in [0.5, 0.6) is 0 Å². The van der Waals surface area contributed by atoms with Gasteiger partial charge in [-0.3, -0.25) is 4.79 Å². The second kappa shape index (κ2) is 4.65. The lowest BCUT2D eigenvalue weighted by atomic mass is 10.0. The molecule has 0 amide bonds. The van der Waals surface area contributed by atoms with Crippen LogP contribution >= 0.6 is 0 Å². The Bertz CT molecular complexity index is 696. The van der Waals surface area contributed by atoms with Gasteiger partial charge in [-0.05, 0) is 22.8 Å². The summed E-state index contributed by atoms with van der Waals surface area (Å²) in [5, 5.41) is 0. The van der Waals surface area contributed by atoms with Crippen LogP contribution in [0.1, 0.15) is 27.9 Å². The predicted molar refractivity (Wildman–Crippen MR) is 75.0 cm³/mol. The van der Waals surface area contributed by atoms with E-state index in [-0.39, 0.29) is 5.78 Å². The van der Waals surface area contributed by atoms with Crippen molar-refractivity contribution in [2.45, 2.75) is 6.42 Å². The molecule has 0 aromatic heterocycles. The van der Waals surface area contributed by atoms with E-state index < -0.39 is 0 Å². The Kier molecular flexibility index (Phi) is 2.84. The molecule has 0 saturated heterocycles. The van der Waals surface area contributed by atoms with Crippen molar-refractivity contribution in [1.29, 1.82) is 0 Å². The van der Waals surface area contributed by atoms with Gasteiger partial charge in [0.15, 0.2) is 5.78 Å². The number of fused-ring (bicyclic) bond motifs is 3. The van der Waals surface area contributed by atoms with Gasteiger partial charge in [-0.15, -0.1) is 0 Å². The Morgan fingerprint density at radius 3 is 2.42 bits per heavy atom. The lowest BCUT2D eigenvalue weighted by Gasteiger charge is -2.00. The molecular formula is C17H12O2. The summed E-state index contributed by atoms with van der Waals surface area (Å²) < 4.78 is 0. The van der Waals surface area contributed by atoms with Gasteiger partial charge in [0.1, 0.15) is 6.29 Å². The molecule has 0 unspecified atom stereocenters. The van der Waals surface area contributed by atoms with Crippen LogP contribution in [0.25, 0.3) is 17.2 Å². The Morgan fingerprint density at radius 1 is 0.895 bits per heavy atom.